The smallest absolute Gasteiger partial charge is 0.184 e. The minimum atomic E-state index is -1.24. The molecule has 0 amide bonds. The van der Waals surface area contributed by atoms with Crippen LogP contribution in [0.3, 0.4) is 0 Å². The Morgan fingerprint density at radius 2 is 2.03 bits per heavy atom. The molecule has 1 saturated carbocycles. The first-order valence-corrected chi connectivity index (χ1v) is 12.2. The second kappa shape index (κ2) is 9.44. The van der Waals surface area contributed by atoms with Crippen molar-refractivity contribution in [1.82, 2.24) is 19.7 Å². The zero-order valence-corrected chi connectivity index (χ0v) is 20.1. The van der Waals surface area contributed by atoms with Gasteiger partial charge in [0.2, 0.25) is 0 Å². The lowest BCUT2D eigenvalue weighted by atomic mass is 9.91. The van der Waals surface area contributed by atoms with Gasteiger partial charge in [-0.05, 0) is 31.4 Å². The number of fused-ring (bicyclic) bond motifs is 1. The van der Waals surface area contributed by atoms with Crippen molar-refractivity contribution in [2.24, 2.45) is 5.11 Å². The molecular weight excluding hydrogens is 486 g/mol. The highest BCUT2D eigenvalue weighted by Crippen LogP contribution is 2.44. The van der Waals surface area contributed by atoms with E-state index in [9.17, 15) is 10.6 Å². The molecule has 3 aromatic rings. The number of halogens is 1. The summed E-state index contributed by atoms with van der Waals surface area (Å²) < 4.78 is 20.0. The Morgan fingerprint density at radius 1 is 1.22 bits per heavy atom. The van der Waals surface area contributed by atoms with Crippen molar-refractivity contribution in [3.05, 3.63) is 81.0 Å². The number of ether oxygens (including phenoxy) is 3. The van der Waals surface area contributed by atoms with Crippen LogP contribution in [0.5, 0.6) is 0 Å². The van der Waals surface area contributed by atoms with Crippen LogP contribution in [0.4, 0.5) is 0 Å². The maximum absolute atomic E-state index is 11.4. The monoisotopic (exact) mass is 509 g/mol. The maximum Gasteiger partial charge on any atom is 0.184 e. The second-order valence-corrected chi connectivity index (χ2v) is 9.66. The molecule has 36 heavy (non-hydrogen) atoms. The van der Waals surface area contributed by atoms with E-state index in [1.165, 1.54) is 0 Å². The second-order valence-electron chi connectivity index (χ2n) is 9.22. The molecular formula is C24H24ClN7O4. The molecule has 6 rings (SSSR count). The first kappa shape index (κ1) is 23.4. The number of aliphatic hydroxyl groups excluding tert-OH is 1. The molecule has 3 fully saturated rings. The van der Waals surface area contributed by atoms with Gasteiger partial charge in [0, 0.05) is 22.6 Å². The third-order valence-corrected chi connectivity index (χ3v) is 6.89. The molecule has 1 N–H and O–H groups in total. The summed E-state index contributed by atoms with van der Waals surface area (Å²) >= 11 is 6.29. The molecule has 12 heteroatoms. The van der Waals surface area contributed by atoms with Gasteiger partial charge in [-0.1, -0.05) is 47.0 Å². The molecule has 1 aromatic carbocycles. The topological polar surface area (TPSA) is 140 Å². The normalized spacial score (nSPS) is 29.9. The fourth-order valence-electron chi connectivity index (χ4n) is 4.87. The number of aromatic nitrogens is 4. The maximum atomic E-state index is 11.4. The van der Waals surface area contributed by atoms with Crippen molar-refractivity contribution in [3.63, 3.8) is 0 Å². The Labute approximate surface area is 211 Å². The minimum Gasteiger partial charge on any atom is -0.389 e. The van der Waals surface area contributed by atoms with Crippen LogP contribution >= 0.6 is 11.6 Å². The zero-order valence-electron chi connectivity index (χ0n) is 19.4. The predicted molar refractivity (Wildman–Crippen MR) is 127 cm³/mol. The van der Waals surface area contributed by atoms with E-state index in [4.69, 9.17) is 25.8 Å². The summed E-state index contributed by atoms with van der Waals surface area (Å²) in [5.74, 6) is 1.18. The molecule has 3 aliphatic rings. The van der Waals surface area contributed by atoms with Crippen LogP contribution < -0.4 is 0 Å². The van der Waals surface area contributed by atoms with E-state index in [0.29, 0.717) is 28.3 Å². The van der Waals surface area contributed by atoms with E-state index in [0.717, 1.165) is 24.1 Å². The Kier molecular flexibility index (Phi) is 6.12. The molecule has 2 aromatic heterocycles. The molecule has 2 saturated heterocycles. The number of pyridine rings is 1. The molecule has 6 atom stereocenters. The van der Waals surface area contributed by atoms with Crippen LogP contribution in [0.1, 0.15) is 54.1 Å². The number of hydrogen-bond acceptors (Lipinski definition) is 8. The summed E-state index contributed by atoms with van der Waals surface area (Å²) in [4.78, 5) is 12.1. The van der Waals surface area contributed by atoms with E-state index in [-0.39, 0.29) is 6.61 Å². The van der Waals surface area contributed by atoms with Gasteiger partial charge in [-0.15, -0.1) is 0 Å². The molecule has 0 bridgehead atoms. The van der Waals surface area contributed by atoms with Crippen molar-refractivity contribution in [1.29, 1.82) is 0 Å². The summed E-state index contributed by atoms with van der Waals surface area (Å²) in [6.07, 6.45) is -0.472. The Bertz CT molecular complexity index is 1310. The molecule has 2 aliphatic heterocycles. The van der Waals surface area contributed by atoms with Gasteiger partial charge in [-0.3, -0.25) is 4.98 Å². The number of aliphatic hydroxyl groups is 1. The van der Waals surface area contributed by atoms with Crippen molar-refractivity contribution in [3.8, 4) is 5.69 Å². The van der Waals surface area contributed by atoms with Crippen molar-refractivity contribution in [2.45, 2.75) is 62.4 Å². The molecule has 11 nitrogen and oxygen atoms in total. The van der Waals surface area contributed by atoms with E-state index in [1.54, 1.807) is 23.9 Å². The summed E-state index contributed by atoms with van der Waals surface area (Å²) in [6.45, 7) is 1.94. The highest BCUT2D eigenvalue weighted by molar-refractivity contribution is 6.30. The van der Waals surface area contributed by atoms with Gasteiger partial charge < -0.3 is 19.3 Å². The number of azide groups is 1. The lowest BCUT2D eigenvalue weighted by molar-refractivity contribution is -0.309. The zero-order chi connectivity index (χ0) is 24.8. The van der Waals surface area contributed by atoms with E-state index < -0.39 is 36.7 Å². The Morgan fingerprint density at radius 3 is 2.78 bits per heavy atom. The van der Waals surface area contributed by atoms with Gasteiger partial charge in [-0.2, -0.15) is 5.10 Å². The number of rotatable bonds is 5. The SMILES string of the molecule is Cc1nc([C@@H]2O[C@@H]3COC(c4ccccc4)O[C@@H]3[C@H](N=[N+]=[N-])[C@H]2O)n(-c2cc(Cl)cnc2C2CC2)n1. The van der Waals surface area contributed by atoms with Gasteiger partial charge in [0.1, 0.15) is 24.1 Å². The quantitative estimate of drug-likeness (QED) is 0.310. The lowest BCUT2D eigenvalue weighted by Gasteiger charge is -2.46. The fraction of sp³-hybridized carbons (Fsp3) is 0.458. The highest BCUT2D eigenvalue weighted by atomic mass is 35.5. The first-order chi connectivity index (χ1) is 17.5. The van der Waals surface area contributed by atoms with Crippen LogP contribution in [-0.4, -0.2) is 55.8 Å². The highest BCUT2D eigenvalue weighted by Gasteiger charge is 2.51. The summed E-state index contributed by atoms with van der Waals surface area (Å²) in [5.41, 5.74) is 11.7. The van der Waals surface area contributed by atoms with E-state index in [1.807, 2.05) is 30.3 Å². The van der Waals surface area contributed by atoms with Crippen molar-refractivity contribution >= 4 is 11.6 Å². The van der Waals surface area contributed by atoms with E-state index in [2.05, 4.69) is 25.1 Å². The third kappa shape index (κ3) is 4.24. The predicted octanol–water partition coefficient (Wildman–Crippen LogP) is 4.10. The minimum absolute atomic E-state index is 0.185. The number of hydrogen-bond donors (Lipinski definition) is 1. The number of aryl methyl sites for hydroxylation is 1. The number of benzene rings is 1. The lowest BCUT2D eigenvalue weighted by Crippen LogP contribution is -2.58. The van der Waals surface area contributed by atoms with Crippen LogP contribution in [0.2, 0.25) is 5.02 Å². The van der Waals surface area contributed by atoms with Crippen LogP contribution in [0, 0.1) is 6.92 Å². The molecule has 1 unspecified atom stereocenters. The van der Waals surface area contributed by atoms with Crippen LogP contribution in [-0.2, 0) is 14.2 Å². The van der Waals surface area contributed by atoms with Crippen molar-refractivity contribution < 1.29 is 19.3 Å². The first-order valence-electron chi connectivity index (χ1n) is 11.8. The standard InChI is InChI=1S/C24H24ClN7O4/c1-12-28-23(32(30-12)16-9-15(25)10-27-18(16)13-7-8-13)22-20(33)19(29-31-26)21-17(35-22)11-34-24(36-21)14-5-3-2-4-6-14/h2-6,9-10,13,17,19-22,24,33H,7-8,11H2,1H3/t17-,19-,20-,21+,22-,24?/m1/s1. The van der Waals surface area contributed by atoms with Gasteiger partial charge in [0.15, 0.2) is 12.1 Å². The summed E-state index contributed by atoms with van der Waals surface area (Å²) in [7, 11) is 0. The average molecular weight is 510 g/mol. The van der Waals surface area contributed by atoms with Gasteiger partial charge >= 0.3 is 0 Å². The summed E-state index contributed by atoms with van der Waals surface area (Å²) in [5, 5.41) is 20.4. The van der Waals surface area contributed by atoms with Gasteiger partial charge in [0.25, 0.3) is 0 Å². The third-order valence-electron chi connectivity index (χ3n) is 6.68. The number of nitrogens with zero attached hydrogens (tertiary/aromatic N) is 7. The van der Waals surface area contributed by atoms with Gasteiger partial charge in [0.05, 0.1) is 35.2 Å². The molecule has 0 radical (unpaired) electrons. The Hall–Kier alpha value is -3.05. The van der Waals surface area contributed by atoms with Crippen LogP contribution in [0.15, 0.2) is 47.7 Å². The molecule has 4 heterocycles. The summed E-state index contributed by atoms with van der Waals surface area (Å²) in [6, 6.07) is 10.3. The largest absolute Gasteiger partial charge is 0.389 e. The van der Waals surface area contributed by atoms with E-state index >= 15 is 0 Å². The van der Waals surface area contributed by atoms with Crippen LogP contribution in [0.25, 0.3) is 16.1 Å². The average Bonchev–Trinajstić information content (AvgIpc) is 3.66. The van der Waals surface area contributed by atoms with Gasteiger partial charge in [-0.25, -0.2) is 9.67 Å². The molecule has 1 aliphatic carbocycles. The Balaban J connectivity index is 1.35. The molecule has 0 spiro atoms. The van der Waals surface area contributed by atoms with Crippen molar-refractivity contribution in [2.75, 3.05) is 6.61 Å². The fourth-order valence-corrected chi connectivity index (χ4v) is 5.02. The molecule has 186 valence electrons.